The average Bonchev–Trinajstić information content (AvgIpc) is 2.19. The van der Waals surface area contributed by atoms with E-state index in [2.05, 4.69) is 9.85 Å². The Balaban J connectivity index is 2.75. The van der Waals surface area contributed by atoms with Crippen molar-refractivity contribution in [3.05, 3.63) is 35.5 Å². The standard InChI is InChI=1S/C9H10N2O3/c1-2-14-9(12)10-11(13)8-6-4-3-5-7-8/h3-7H,2H2,1H3/b11-10-. The van der Waals surface area contributed by atoms with Gasteiger partial charge < -0.3 is 9.94 Å². The van der Waals surface area contributed by atoms with Gasteiger partial charge in [0.25, 0.3) is 0 Å². The predicted octanol–water partition coefficient (Wildman–Crippen LogP) is 2.44. The van der Waals surface area contributed by atoms with Gasteiger partial charge in [-0.05, 0) is 11.8 Å². The van der Waals surface area contributed by atoms with Gasteiger partial charge in [0.1, 0.15) is 0 Å². The fourth-order valence-electron chi connectivity index (χ4n) is 0.840. The largest absolute Gasteiger partial charge is 0.594 e. The lowest BCUT2D eigenvalue weighted by molar-refractivity contribution is -0.436. The van der Waals surface area contributed by atoms with Gasteiger partial charge in [-0.15, -0.1) is 0 Å². The first kappa shape index (κ1) is 10.2. The topological polar surface area (TPSA) is 64.7 Å². The summed E-state index contributed by atoms with van der Waals surface area (Å²) in [6.45, 7) is 1.84. The smallest absolute Gasteiger partial charge is 0.492 e. The number of rotatable bonds is 2. The second-order valence-corrected chi connectivity index (χ2v) is 2.41. The van der Waals surface area contributed by atoms with Gasteiger partial charge in [-0.25, -0.2) is 4.79 Å². The number of ether oxygens (including phenoxy) is 1. The van der Waals surface area contributed by atoms with Gasteiger partial charge in [0.15, 0.2) is 0 Å². The zero-order valence-electron chi connectivity index (χ0n) is 7.71. The zero-order valence-corrected chi connectivity index (χ0v) is 7.71. The van der Waals surface area contributed by atoms with Crippen molar-refractivity contribution < 1.29 is 14.4 Å². The van der Waals surface area contributed by atoms with Crippen molar-refractivity contribution in [2.75, 3.05) is 6.61 Å². The van der Waals surface area contributed by atoms with E-state index in [4.69, 9.17) is 0 Å². The molecule has 1 aromatic rings. The minimum atomic E-state index is -0.883. The van der Waals surface area contributed by atoms with Crippen molar-refractivity contribution in [3.8, 4) is 0 Å². The van der Waals surface area contributed by atoms with Gasteiger partial charge >= 0.3 is 6.09 Å². The molecule has 0 unspecified atom stereocenters. The van der Waals surface area contributed by atoms with Crippen molar-refractivity contribution in [1.29, 1.82) is 0 Å². The molecule has 14 heavy (non-hydrogen) atoms. The number of azo groups is 1. The molecule has 0 aliphatic heterocycles. The molecular formula is C9H10N2O3. The van der Waals surface area contributed by atoms with Gasteiger partial charge in [0.05, 0.1) is 11.7 Å². The maximum atomic E-state index is 11.2. The molecule has 74 valence electrons. The highest BCUT2D eigenvalue weighted by Gasteiger charge is 2.07. The maximum Gasteiger partial charge on any atom is 0.492 e. The lowest BCUT2D eigenvalue weighted by Gasteiger charge is -1.98. The van der Waals surface area contributed by atoms with Gasteiger partial charge in [-0.3, -0.25) is 0 Å². The van der Waals surface area contributed by atoms with Crippen LogP contribution in [0, 0.1) is 5.21 Å². The number of hydrogen-bond acceptors (Lipinski definition) is 3. The van der Waals surface area contributed by atoms with E-state index in [0.29, 0.717) is 5.69 Å². The Labute approximate surface area is 81.2 Å². The van der Waals surface area contributed by atoms with Crippen LogP contribution in [0.25, 0.3) is 0 Å². The molecule has 0 fully saturated rings. The third-order valence-corrected chi connectivity index (χ3v) is 1.42. The van der Waals surface area contributed by atoms with Gasteiger partial charge in [0.2, 0.25) is 5.69 Å². The van der Waals surface area contributed by atoms with Crippen molar-refractivity contribution in [2.45, 2.75) is 6.92 Å². The van der Waals surface area contributed by atoms with Gasteiger partial charge in [0, 0.05) is 12.1 Å². The molecule has 0 spiro atoms. The van der Waals surface area contributed by atoms with Crippen LogP contribution in [-0.4, -0.2) is 17.6 Å². The fraction of sp³-hybridized carbons (Fsp3) is 0.222. The molecule has 1 amide bonds. The Morgan fingerprint density at radius 1 is 1.50 bits per heavy atom. The molecule has 0 bridgehead atoms. The summed E-state index contributed by atoms with van der Waals surface area (Å²) in [7, 11) is 0. The Hall–Kier alpha value is -1.91. The van der Waals surface area contributed by atoms with Crippen LogP contribution in [0.1, 0.15) is 6.92 Å². The monoisotopic (exact) mass is 194 g/mol. The van der Waals surface area contributed by atoms with E-state index >= 15 is 0 Å². The van der Waals surface area contributed by atoms with Crippen LogP contribution in [0.2, 0.25) is 0 Å². The van der Waals surface area contributed by atoms with Crippen LogP contribution >= 0.6 is 0 Å². The number of para-hydroxylation sites is 1. The lowest BCUT2D eigenvalue weighted by atomic mass is 10.3. The van der Waals surface area contributed by atoms with Gasteiger partial charge in [-0.1, -0.05) is 18.2 Å². The molecule has 0 saturated heterocycles. The first-order valence-corrected chi connectivity index (χ1v) is 4.14. The number of carbonyl (C=O) groups is 1. The SMILES string of the molecule is CCOC(=O)/N=[N+](\[O-])c1ccccc1. The molecule has 1 aromatic carbocycles. The molecule has 0 atom stereocenters. The highest BCUT2D eigenvalue weighted by atomic mass is 16.6. The fourth-order valence-corrected chi connectivity index (χ4v) is 0.840. The summed E-state index contributed by atoms with van der Waals surface area (Å²) in [4.78, 5) is 11.0. The van der Waals surface area contributed by atoms with Crippen molar-refractivity contribution in [3.63, 3.8) is 0 Å². The molecule has 0 radical (unpaired) electrons. The van der Waals surface area contributed by atoms with Crippen molar-refractivity contribution in [1.82, 2.24) is 0 Å². The number of nitrogens with zero attached hydrogens (tertiary/aromatic N) is 2. The van der Waals surface area contributed by atoms with E-state index in [9.17, 15) is 10.0 Å². The Kier molecular flexibility index (Phi) is 3.60. The van der Waals surface area contributed by atoms with Crippen LogP contribution < -0.4 is 0 Å². The van der Waals surface area contributed by atoms with E-state index in [1.54, 1.807) is 37.3 Å². The van der Waals surface area contributed by atoms with E-state index < -0.39 is 6.09 Å². The third-order valence-electron chi connectivity index (χ3n) is 1.42. The molecule has 0 saturated carbocycles. The highest BCUT2D eigenvalue weighted by Crippen LogP contribution is 2.09. The first-order valence-electron chi connectivity index (χ1n) is 4.14. The van der Waals surface area contributed by atoms with Crippen LogP contribution in [-0.2, 0) is 4.74 Å². The van der Waals surface area contributed by atoms with E-state index in [1.165, 1.54) is 0 Å². The lowest BCUT2D eigenvalue weighted by Crippen LogP contribution is -2.02. The molecule has 0 aliphatic rings. The zero-order chi connectivity index (χ0) is 10.4. The maximum absolute atomic E-state index is 11.2. The van der Waals surface area contributed by atoms with Crippen LogP contribution in [0.4, 0.5) is 10.5 Å². The summed E-state index contributed by atoms with van der Waals surface area (Å²) in [5.41, 5.74) is 0.292. The summed E-state index contributed by atoms with van der Waals surface area (Å²) in [5, 5.41) is 14.3. The van der Waals surface area contributed by atoms with E-state index in [-0.39, 0.29) is 11.5 Å². The van der Waals surface area contributed by atoms with Crippen LogP contribution in [0.3, 0.4) is 0 Å². The normalized spacial score (nSPS) is 11.1. The Morgan fingerprint density at radius 2 is 2.14 bits per heavy atom. The second kappa shape index (κ2) is 4.96. The summed E-state index contributed by atoms with van der Waals surface area (Å²) in [5.74, 6) is 0. The van der Waals surface area contributed by atoms with Crippen LogP contribution in [0.5, 0.6) is 0 Å². The van der Waals surface area contributed by atoms with Crippen molar-refractivity contribution in [2.24, 2.45) is 5.11 Å². The van der Waals surface area contributed by atoms with Crippen LogP contribution in [0.15, 0.2) is 35.4 Å². The quantitative estimate of drug-likeness (QED) is 0.412. The number of carbonyl (C=O) groups excluding carboxylic acids is 1. The number of hydrogen-bond donors (Lipinski definition) is 0. The second-order valence-electron chi connectivity index (χ2n) is 2.41. The minimum Gasteiger partial charge on any atom is -0.594 e. The number of amides is 1. The summed E-state index contributed by atoms with van der Waals surface area (Å²) in [6.07, 6.45) is -0.883. The Bertz CT molecular complexity index is 335. The molecule has 0 aliphatic carbocycles. The molecule has 5 nitrogen and oxygen atoms in total. The average molecular weight is 194 g/mol. The predicted molar refractivity (Wildman–Crippen MR) is 49.2 cm³/mol. The molecule has 0 aromatic heterocycles. The Morgan fingerprint density at radius 3 is 2.71 bits per heavy atom. The molecule has 1 rings (SSSR count). The molecular weight excluding hydrogens is 184 g/mol. The summed E-state index contributed by atoms with van der Waals surface area (Å²) < 4.78 is 4.49. The minimum absolute atomic E-state index is 0.199. The van der Waals surface area contributed by atoms with E-state index in [1.807, 2.05) is 0 Å². The molecule has 5 heteroatoms. The third kappa shape index (κ3) is 2.85. The summed E-state index contributed by atoms with van der Waals surface area (Å²) >= 11 is 0. The first-order chi connectivity index (χ1) is 6.74. The number of benzene rings is 1. The molecule has 0 heterocycles. The van der Waals surface area contributed by atoms with E-state index in [0.717, 1.165) is 0 Å². The van der Waals surface area contributed by atoms with Gasteiger partial charge in [-0.2, -0.15) is 0 Å². The highest BCUT2D eigenvalue weighted by molar-refractivity contribution is 5.66. The summed E-state index contributed by atoms with van der Waals surface area (Å²) in [6, 6.07) is 8.23. The van der Waals surface area contributed by atoms with Crippen molar-refractivity contribution >= 4 is 11.8 Å². The molecule has 0 N–H and O–H groups in total.